The van der Waals surface area contributed by atoms with Gasteiger partial charge in [0.25, 0.3) is 0 Å². The van der Waals surface area contributed by atoms with Crippen molar-refractivity contribution in [3.63, 3.8) is 0 Å². The molecule has 0 aliphatic carbocycles. The number of carbonyl (C=O) groups is 4. The van der Waals surface area contributed by atoms with Crippen molar-refractivity contribution in [2.45, 2.75) is 31.3 Å². The van der Waals surface area contributed by atoms with Crippen molar-refractivity contribution in [2.75, 3.05) is 0 Å². The first-order chi connectivity index (χ1) is 8.20. The highest BCUT2D eigenvalue weighted by molar-refractivity contribution is 5.74. The van der Waals surface area contributed by atoms with Gasteiger partial charge in [0.15, 0.2) is 0 Å². The monoisotopic (exact) mass is 264 g/mol. The largest absolute Gasteiger partial charge is 0.481 e. The van der Waals surface area contributed by atoms with E-state index in [0.717, 1.165) is 0 Å². The smallest absolute Gasteiger partial charge is 0.320 e. The fourth-order valence-corrected chi connectivity index (χ4v) is 0.652. The number of carboxylic acid groups (broad SMARTS) is 3. The molecule has 9 heteroatoms. The van der Waals surface area contributed by atoms with E-state index in [1.54, 1.807) is 0 Å². The Hall–Kier alpha value is -2.00. The molecule has 0 saturated carbocycles. The second kappa shape index (κ2) is 10.2. The van der Waals surface area contributed by atoms with Gasteiger partial charge in [-0.25, -0.2) is 0 Å². The summed E-state index contributed by atoms with van der Waals surface area (Å²) >= 11 is 0. The molecule has 0 aromatic rings. The summed E-state index contributed by atoms with van der Waals surface area (Å²) in [6, 6.07) is -1.91. The van der Waals surface area contributed by atoms with E-state index in [4.69, 9.17) is 26.8 Å². The number of carboxylic acids is 3. The Bertz CT molecular complexity index is 305. The van der Waals surface area contributed by atoms with Crippen LogP contribution in [0.4, 0.5) is 0 Å². The lowest BCUT2D eigenvalue weighted by atomic mass is 10.2. The van der Waals surface area contributed by atoms with E-state index in [0.29, 0.717) is 6.29 Å². The van der Waals surface area contributed by atoms with Crippen LogP contribution in [0.15, 0.2) is 0 Å². The van der Waals surface area contributed by atoms with E-state index in [1.807, 2.05) is 0 Å². The van der Waals surface area contributed by atoms with Gasteiger partial charge >= 0.3 is 17.9 Å². The highest BCUT2D eigenvalue weighted by atomic mass is 16.4. The summed E-state index contributed by atoms with van der Waals surface area (Å²) in [6.45, 7) is 0. The zero-order valence-electron chi connectivity index (χ0n) is 9.48. The molecule has 1 unspecified atom stereocenters. The van der Waals surface area contributed by atoms with Crippen molar-refractivity contribution in [3.8, 4) is 0 Å². The number of hydrogen-bond acceptors (Lipinski definition) is 6. The van der Waals surface area contributed by atoms with E-state index in [9.17, 15) is 19.2 Å². The van der Waals surface area contributed by atoms with Crippen LogP contribution in [0.2, 0.25) is 0 Å². The van der Waals surface area contributed by atoms with Gasteiger partial charge in [-0.05, 0) is 6.42 Å². The standard InChI is InChI=1S/C5H9NO4.C4H7NO3/c6-3(5(9)10)1-2-4(7)8;5-3(2-6)1-4(7)8/h3H,1-2,6H2,(H,7,8)(H,9,10);2-3H,1,5H2,(H,7,8)/t3-;/m0./s1. The SMILES string of the molecule is NC(C=O)CC(=O)O.N[C@@H](CCC(=O)O)C(=O)O. The van der Waals surface area contributed by atoms with E-state index < -0.39 is 30.0 Å². The normalized spacial score (nSPS) is 12.6. The summed E-state index contributed by atoms with van der Waals surface area (Å²) in [7, 11) is 0. The first kappa shape index (κ1) is 18.4. The zero-order valence-corrected chi connectivity index (χ0v) is 9.48. The van der Waals surface area contributed by atoms with Gasteiger partial charge in [0.05, 0.1) is 12.5 Å². The summed E-state index contributed by atoms with van der Waals surface area (Å²) in [5, 5.41) is 24.2. The maximum atomic E-state index is 9.99. The minimum absolute atomic E-state index is 0.0231. The number of carbonyl (C=O) groups excluding carboxylic acids is 1. The van der Waals surface area contributed by atoms with Crippen LogP contribution in [0, 0.1) is 0 Å². The average molecular weight is 264 g/mol. The molecule has 0 heterocycles. The molecule has 7 N–H and O–H groups in total. The van der Waals surface area contributed by atoms with Crippen LogP contribution in [0.25, 0.3) is 0 Å². The van der Waals surface area contributed by atoms with Gasteiger partial charge in [0, 0.05) is 6.42 Å². The van der Waals surface area contributed by atoms with Crippen LogP contribution in [-0.2, 0) is 19.2 Å². The topological polar surface area (TPSA) is 181 Å². The minimum Gasteiger partial charge on any atom is -0.481 e. The molecular weight excluding hydrogens is 248 g/mol. The van der Waals surface area contributed by atoms with E-state index in [-0.39, 0.29) is 19.3 Å². The van der Waals surface area contributed by atoms with E-state index >= 15 is 0 Å². The third kappa shape index (κ3) is 14.0. The number of rotatable bonds is 7. The van der Waals surface area contributed by atoms with Crippen LogP contribution in [0.3, 0.4) is 0 Å². The molecule has 0 amide bonds. The van der Waals surface area contributed by atoms with Gasteiger partial charge < -0.3 is 31.6 Å². The van der Waals surface area contributed by atoms with Crippen molar-refractivity contribution in [3.05, 3.63) is 0 Å². The Morgan fingerprint density at radius 3 is 1.78 bits per heavy atom. The van der Waals surface area contributed by atoms with Gasteiger partial charge in [-0.15, -0.1) is 0 Å². The summed E-state index contributed by atoms with van der Waals surface area (Å²) in [5.74, 6) is -3.25. The molecule has 0 rings (SSSR count). The molecular formula is C9H16N2O7. The predicted octanol–water partition coefficient (Wildman–Crippen LogP) is -1.75. The summed E-state index contributed by atoms with van der Waals surface area (Å²) in [5.41, 5.74) is 9.93. The Kier molecular flexibility index (Phi) is 10.4. The van der Waals surface area contributed by atoms with E-state index in [2.05, 4.69) is 0 Å². The Labute approximate surface area is 102 Å². The molecule has 0 fully saturated rings. The number of nitrogens with two attached hydrogens (primary N) is 2. The summed E-state index contributed by atoms with van der Waals surface area (Å²) < 4.78 is 0. The van der Waals surface area contributed by atoms with Gasteiger partial charge in [-0.1, -0.05) is 0 Å². The Morgan fingerprint density at radius 2 is 1.56 bits per heavy atom. The maximum absolute atomic E-state index is 9.99. The maximum Gasteiger partial charge on any atom is 0.320 e. The molecule has 18 heavy (non-hydrogen) atoms. The fraction of sp³-hybridized carbons (Fsp3) is 0.556. The fourth-order valence-electron chi connectivity index (χ4n) is 0.652. The molecule has 2 atom stereocenters. The first-order valence-corrected chi connectivity index (χ1v) is 4.83. The second-order valence-electron chi connectivity index (χ2n) is 3.27. The van der Waals surface area contributed by atoms with Gasteiger partial charge in [0.2, 0.25) is 0 Å². The molecule has 0 saturated heterocycles. The molecule has 0 bridgehead atoms. The second-order valence-corrected chi connectivity index (χ2v) is 3.27. The number of aliphatic carboxylic acids is 3. The Balaban J connectivity index is 0. The van der Waals surface area contributed by atoms with Gasteiger partial charge in [-0.2, -0.15) is 0 Å². The highest BCUT2D eigenvalue weighted by Crippen LogP contribution is 1.93. The first-order valence-electron chi connectivity index (χ1n) is 4.83. The molecule has 0 spiro atoms. The lowest BCUT2D eigenvalue weighted by Gasteiger charge is -2.01. The third-order valence-electron chi connectivity index (χ3n) is 1.57. The predicted molar refractivity (Wildman–Crippen MR) is 58.8 cm³/mol. The molecule has 0 aliphatic heterocycles. The molecule has 104 valence electrons. The molecule has 0 aromatic carbocycles. The van der Waals surface area contributed by atoms with Crippen molar-refractivity contribution in [2.24, 2.45) is 11.5 Å². The van der Waals surface area contributed by atoms with E-state index in [1.165, 1.54) is 0 Å². The van der Waals surface area contributed by atoms with Crippen molar-refractivity contribution in [1.82, 2.24) is 0 Å². The molecule has 9 nitrogen and oxygen atoms in total. The molecule has 0 aliphatic rings. The average Bonchev–Trinajstić information content (AvgIpc) is 2.25. The van der Waals surface area contributed by atoms with Crippen LogP contribution >= 0.6 is 0 Å². The lowest BCUT2D eigenvalue weighted by Crippen LogP contribution is -2.30. The minimum atomic E-state index is -1.17. The van der Waals surface area contributed by atoms with Crippen molar-refractivity contribution >= 4 is 24.2 Å². The Morgan fingerprint density at radius 1 is 1.06 bits per heavy atom. The van der Waals surface area contributed by atoms with Crippen LogP contribution in [0.5, 0.6) is 0 Å². The summed E-state index contributed by atoms with van der Waals surface area (Å²) in [6.07, 6.45) is -0.101. The van der Waals surface area contributed by atoms with Gasteiger partial charge in [-0.3, -0.25) is 14.4 Å². The van der Waals surface area contributed by atoms with Crippen LogP contribution < -0.4 is 11.5 Å². The third-order valence-corrected chi connectivity index (χ3v) is 1.57. The van der Waals surface area contributed by atoms with Crippen LogP contribution in [-0.4, -0.2) is 51.6 Å². The quantitative estimate of drug-likeness (QED) is 0.333. The lowest BCUT2D eigenvalue weighted by molar-refractivity contribution is -0.140. The van der Waals surface area contributed by atoms with Gasteiger partial charge in [0.1, 0.15) is 12.3 Å². The number of aldehydes is 1. The zero-order chi connectivity index (χ0) is 14.7. The van der Waals surface area contributed by atoms with Crippen LogP contribution in [0.1, 0.15) is 19.3 Å². The summed E-state index contributed by atoms with van der Waals surface area (Å²) in [4.78, 5) is 39.3. The highest BCUT2D eigenvalue weighted by Gasteiger charge is 2.12. The number of hydrogen-bond donors (Lipinski definition) is 5. The molecule has 0 radical (unpaired) electrons. The molecule has 0 aromatic heterocycles. The van der Waals surface area contributed by atoms with Crippen molar-refractivity contribution < 1.29 is 34.5 Å². The van der Waals surface area contributed by atoms with Crippen molar-refractivity contribution in [1.29, 1.82) is 0 Å².